The topological polar surface area (TPSA) is 9.23 Å². The van der Waals surface area contributed by atoms with Crippen LogP contribution < -0.4 is 0 Å². The lowest BCUT2D eigenvalue weighted by atomic mass is 9.99. The summed E-state index contributed by atoms with van der Waals surface area (Å²) in [5.74, 6) is 0.668. The van der Waals surface area contributed by atoms with Gasteiger partial charge in [0.15, 0.2) is 0 Å². The molecule has 104 valence electrons. The molecule has 0 aliphatic rings. The van der Waals surface area contributed by atoms with Gasteiger partial charge in [-0.15, -0.1) is 0 Å². The van der Waals surface area contributed by atoms with Crippen molar-refractivity contribution in [3.63, 3.8) is 0 Å². The minimum atomic E-state index is 0.491. The van der Waals surface area contributed by atoms with Crippen LogP contribution in [-0.2, 0) is 4.74 Å². The second-order valence-electron chi connectivity index (χ2n) is 5.56. The van der Waals surface area contributed by atoms with Gasteiger partial charge in [0, 0.05) is 6.61 Å². The molecule has 0 amide bonds. The van der Waals surface area contributed by atoms with E-state index in [-0.39, 0.29) is 0 Å². The molecule has 0 radical (unpaired) electrons. The Labute approximate surface area is 109 Å². The molecule has 1 atom stereocenters. The number of ether oxygens (including phenoxy) is 1. The van der Waals surface area contributed by atoms with Crippen LogP contribution in [0, 0.1) is 5.92 Å². The molecular weight excluding hydrogens is 208 g/mol. The predicted molar refractivity (Wildman–Crippen MR) is 77.5 cm³/mol. The minimum absolute atomic E-state index is 0.491. The molecule has 0 fully saturated rings. The average Bonchev–Trinajstić information content (AvgIpc) is 2.31. The summed E-state index contributed by atoms with van der Waals surface area (Å²) in [4.78, 5) is 0. The van der Waals surface area contributed by atoms with Crippen molar-refractivity contribution in [2.45, 2.75) is 91.6 Å². The van der Waals surface area contributed by atoms with Gasteiger partial charge in [-0.05, 0) is 18.8 Å². The molecule has 0 saturated carbocycles. The molecule has 0 aromatic carbocycles. The zero-order chi connectivity index (χ0) is 12.9. The van der Waals surface area contributed by atoms with Crippen molar-refractivity contribution >= 4 is 0 Å². The third-order valence-electron chi connectivity index (χ3n) is 3.37. The van der Waals surface area contributed by atoms with Crippen LogP contribution in [-0.4, -0.2) is 12.7 Å². The third-order valence-corrected chi connectivity index (χ3v) is 3.37. The quantitative estimate of drug-likeness (QED) is 0.406. The highest BCUT2D eigenvalue weighted by Crippen LogP contribution is 2.16. The van der Waals surface area contributed by atoms with Crippen molar-refractivity contribution < 1.29 is 4.74 Å². The van der Waals surface area contributed by atoms with Crippen molar-refractivity contribution in [2.24, 2.45) is 5.92 Å². The van der Waals surface area contributed by atoms with Gasteiger partial charge in [-0.25, -0.2) is 0 Å². The molecule has 0 aromatic rings. The fourth-order valence-corrected chi connectivity index (χ4v) is 2.18. The second kappa shape index (κ2) is 12.4. The molecule has 1 heteroatoms. The molecule has 1 unspecified atom stereocenters. The maximum absolute atomic E-state index is 5.90. The van der Waals surface area contributed by atoms with Crippen LogP contribution in [0.1, 0.15) is 85.5 Å². The summed E-state index contributed by atoms with van der Waals surface area (Å²) in [5, 5.41) is 0. The Hall–Kier alpha value is -0.0400. The van der Waals surface area contributed by atoms with Crippen LogP contribution in [0.5, 0.6) is 0 Å². The lowest BCUT2D eigenvalue weighted by Gasteiger charge is -2.21. The summed E-state index contributed by atoms with van der Waals surface area (Å²) < 4.78 is 5.90. The van der Waals surface area contributed by atoms with Gasteiger partial charge in [-0.3, -0.25) is 0 Å². The summed E-state index contributed by atoms with van der Waals surface area (Å²) in [6.45, 7) is 9.95. The van der Waals surface area contributed by atoms with Gasteiger partial charge < -0.3 is 4.74 Å². The first-order chi connectivity index (χ1) is 8.22. The zero-order valence-corrected chi connectivity index (χ0v) is 12.6. The van der Waals surface area contributed by atoms with Crippen LogP contribution in [0.4, 0.5) is 0 Å². The molecule has 0 bridgehead atoms. The number of hydrogen-bond donors (Lipinski definition) is 0. The smallest absolute Gasteiger partial charge is 0.0598 e. The van der Waals surface area contributed by atoms with E-state index in [2.05, 4.69) is 27.7 Å². The lowest BCUT2D eigenvalue weighted by Crippen LogP contribution is -2.20. The largest absolute Gasteiger partial charge is 0.378 e. The van der Waals surface area contributed by atoms with Crippen LogP contribution in [0.25, 0.3) is 0 Å². The van der Waals surface area contributed by atoms with Gasteiger partial charge in [0.05, 0.1) is 6.10 Å². The zero-order valence-electron chi connectivity index (χ0n) is 12.6. The van der Waals surface area contributed by atoms with Crippen molar-refractivity contribution in [1.29, 1.82) is 0 Å². The van der Waals surface area contributed by atoms with E-state index >= 15 is 0 Å². The van der Waals surface area contributed by atoms with E-state index in [0.29, 0.717) is 12.0 Å². The van der Waals surface area contributed by atoms with Crippen LogP contribution >= 0.6 is 0 Å². The van der Waals surface area contributed by atoms with Crippen LogP contribution in [0.15, 0.2) is 0 Å². The summed E-state index contributed by atoms with van der Waals surface area (Å²) in [6.07, 6.45) is 12.7. The Morgan fingerprint density at radius 1 is 0.765 bits per heavy atom. The van der Waals surface area contributed by atoms with Crippen LogP contribution in [0.3, 0.4) is 0 Å². The van der Waals surface area contributed by atoms with Gasteiger partial charge in [0.25, 0.3) is 0 Å². The van der Waals surface area contributed by atoms with E-state index in [0.717, 1.165) is 13.0 Å². The number of unbranched alkanes of at least 4 members (excludes halogenated alkanes) is 6. The highest BCUT2D eigenvalue weighted by Gasteiger charge is 2.12. The molecule has 0 N–H and O–H groups in total. The summed E-state index contributed by atoms with van der Waals surface area (Å²) >= 11 is 0. The fraction of sp³-hybridized carbons (Fsp3) is 1.00. The fourth-order valence-electron chi connectivity index (χ4n) is 2.18. The normalized spacial score (nSPS) is 13.2. The van der Waals surface area contributed by atoms with E-state index in [1.165, 1.54) is 51.4 Å². The van der Waals surface area contributed by atoms with E-state index < -0.39 is 0 Å². The van der Waals surface area contributed by atoms with Gasteiger partial charge >= 0.3 is 0 Å². The lowest BCUT2D eigenvalue weighted by molar-refractivity contribution is 0.0155. The Morgan fingerprint density at radius 2 is 1.35 bits per heavy atom. The predicted octanol–water partition coefficient (Wildman–Crippen LogP) is 5.58. The average molecular weight is 242 g/mol. The first kappa shape index (κ1) is 17.0. The van der Waals surface area contributed by atoms with E-state index in [4.69, 9.17) is 4.74 Å². The van der Waals surface area contributed by atoms with Gasteiger partial charge in [-0.1, -0.05) is 72.6 Å². The Balaban J connectivity index is 3.41. The second-order valence-corrected chi connectivity index (χ2v) is 5.56. The molecule has 0 heterocycles. The van der Waals surface area contributed by atoms with Gasteiger partial charge in [-0.2, -0.15) is 0 Å². The maximum atomic E-state index is 5.90. The molecule has 0 aliphatic carbocycles. The molecule has 0 saturated heterocycles. The highest BCUT2D eigenvalue weighted by molar-refractivity contribution is 4.62. The maximum Gasteiger partial charge on any atom is 0.0598 e. The SMILES string of the molecule is CCCCCCCCCC(OCCC)C(C)C. The minimum Gasteiger partial charge on any atom is -0.378 e. The molecule has 0 spiro atoms. The third kappa shape index (κ3) is 10.8. The molecular formula is C16H34O. The summed E-state index contributed by atoms with van der Waals surface area (Å²) in [7, 11) is 0. The van der Waals surface area contributed by atoms with E-state index in [9.17, 15) is 0 Å². The van der Waals surface area contributed by atoms with Gasteiger partial charge in [0.2, 0.25) is 0 Å². The highest BCUT2D eigenvalue weighted by atomic mass is 16.5. The van der Waals surface area contributed by atoms with E-state index in [1.807, 2.05) is 0 Å². The standard InChI is InChI=1S/C16H34O/c1-5-7-8-9-10-11-12-13-16(15(3)4)17-14-6-2/h15-16H,5-14H2,1-4H3. The summed E-state index contributed by atoms with van der Waals surface area (Å²) in [6, 6.07) is 0. The molecule has 17 heavy (non-hydrogen) atoms. The number of hydrogen-bond acceptors (Lipinski definition) is 1. The van der Waals surface area contributed by atoms with Gasteiger partial charge in [0.1, 0.15) is 0 Å². The molecule has 0 rings (SSSR count). The molecule has 0 aromatic heterocycles. The first-order valence-corrected chi connectivity index (χ1v) is 7.83. The Kier molecular flexibility index (Phi) is 12.4. The van der Waals surface area contributed by atoms with Crippen molar-refractivity contribution in [3.05, 3.63) is 0 Å². The Morgan fingerprint density at radius 3 is 1.88 bits per heavy atom. The van der Waals surface area contributed by atoms with Crippen molar-refractivity contribution in [2.75, 3.05) is 6.61 Å². The summed E-state index contributed by atoms with van der Waals surface area (Å²) in [5.41, 5.74) is 0. The van der Waals surface area contributed by atoms with Crippen molar-refractivity contribution in [1.82, 2.24) is 0 Å². The van der Waals surface area contributed by atoms with E-state index in [1.54, 1.807) is 0 Å². The molecule has 0 aliphatic heterocycles. The van der Waals surface area contributed by atoms with Crippen LogP contribution in [0.2, 0.25) is 0 Å². The number of rotatable bonds is 12. The first-order valence-electron chi connectivity index (χ1n) is 7.83. The molecule has 1 nitrogen and oxygen atoms in total. The van der Waals surface area contributed by atoms with Crippen molar-refractivity contribution in [3.8, 4) is 0 Å². The monoisotopic (exact) mass is 242 g/mol. The Bertz CT molecular complexity index is 142.